The molecule has 0 unspecified atom stereocenters. The quantitative estimate of drug-likeness (QED) is 0.349. The van der Waals surface area contributed by atoms with Crippen LogP contribution in [0.2, 0.25) is 0 Å². The molecule has 0 bridgehead atoms. The van der Waals surface area contributed by atoms with Crippen molar-refractivity contribution in [3.8, 4) is 0 Å². The van der Waals surface area contributed by atoms with E-state index < -0.39 is 42.2 Å². The lowest BCUT2D eigenvalue weighted by Crippen LogP contribution is -2.58. The van der Waals surface area contributed by atoms with Crippen molar-refractivity contribution in [1.29, 1.82) is 0 Å². The fourth-order valence-corrected chi connectivity index (χ4v) is 3.31. The van der Waals surface area contributed by atoms with E-state index in [1.807, 2.05) is 10.6 Å². The molecule has 28 heavy (non-hydrogen) atoms. The summed E-state index contributed by atoms with van der Waals surface area (Å²) < 4.78 is 1.76. The number of pyridine rings is 1. The van der Waals surface area contributed by atoms with E-state index in [-0.39, 0.29) is 11.5 Å². The number of nitrogens with zero attached hydrogens (tertiary/aromatic N) is 3. The van der Waals surface area contributed by atoms with Crippen LogP contribution in [-0.2, 0) is 20.9 Å². The van der Waals surface area contributed by atoms with Gasteiger partial charge in [0.1, 0.15) is 23.2 Å². The summed E-state index contributed by atoms with van der Waals surface area (Å²) in [6, 6.07) is 2.17. The number of carboxylic acids is 1. The van der Waals surface area contributed by atoms with Gasteiger partial charge in [-0.3, -0.25) is 25.2 Å². The molecule has 2 aromatic heterocycles. The smallest absolute Gasteiger partial charge is 0.346 e. The zero-order valence-corrected chi connectivity index (χ0v) is 15.0. The van der Waals surface area contributed by atoms with Gasteiger partial charge in [0, 0.05) is 26.2 Å². The Balaban J connectivity index is 2.26. The van der Waals surface area contributed by atoms with Crippen LogP contribution in [0.4, 0.5) is 4.79 Å². The first kappa shape index (κ1) is 19.0. The van der Waals surface area contributed by atoms with E-state index in [0.29, 0.717) is 16.0 Å². The predicted molar refractivity (Wildman–Crippen MR) is 91.8 cm³/mol. The topological polar surface area (TPSA) is 157 Å². The Morgan fingerprint density at radius 3 is 2.50 bits per heavy atom. The standard InChI is InChI=1S/C17H17N5O6/c1-8-9(2)22(28)16(21(8)7-11(23)24)12(10-4-3-5-18-6-10)13-14(25)19-17(27)20-15(13)26/h3-6,12-13H,7H2,1-2H3,(H,23,24)(H2,19,20,25,26,27)/t12-/m0/s1. The first-order valence-corrected chi connectivity index (χ1v) is 8.29. The molecule has 3 heterocycles. The van der Waals surface area contributed by atoms with Crippen LogP contribution < -0.4 is 15.4 Å². The Labute approximate surface area is 158 Å². The molecule has 1 aliphatic heterocycles. The van der Waals surface area contributed by atoms with E-state index in [1.54, 1.807) is 19.1 Å². The van der Waals surface area contributed by atoms with Gasteiger partial charge in [-0.2, -0.15) is 0 Å². The predicted octanol–water partition coefficient (Wildman–Crippen LogP) is -0.668. The van der Waals surface area contributed by atoms with Gasteiger partial charge >= 0.3 is 12.0 Å². The molecule has 3 rings (SSSR count). The molecule has 0 aliphatic carbocycles. The summed E-state index contributed by atoms with van der Waals surface area (Å²) in [6.07, 6.45) is 2.85. The minimum absolute atomic E-state index is 0.102. The summed E-state index contributed by atoms with van der Waals surface area (Å²) in [5, 5.41) is 26.2. The Morgan fingerprint density at radius 2 is 1.96 bits per heavy atom. The number of nitrogens with one attached hydrogen (secondary N) is 2. The van der Waals surface area contributed by atoms with Crippen molar-refractivity contribution in [1.82, 2.24) is 20.2 Å². The van der Waals surface area contributed by atoms with Crippen LogP contribution >= 0.6 is 0 Å². The molecule has 146 valence electrons. The monoisotopic (exact) mass is 387 g/mol. The minimum atomic E-state index is -1.47. The van der Waals surface area contributed by atoms with Crippen LogP contribution in [0.5, 0.6) is 0 Å². The summed E-state index contributed by atoms with van der Waals surface area (Å²) in [7, 11) is 0. The number of imide groups is 2. The molecule has 11 heteroatoms. The van der Waals surface area contributed by atoms with Crippen LogP contribution in [0.15, 0.2) is 24.5 Å². The minimum Gasteiger partial charge on any atom is -0.711 e. The Hall–Kier alpha value is -3.76. The fraction of sp³-hybridized carbons (Fsp3) is 0.294. The Bertz CT molecular complexity index is 964. The van der Waals surface area contributed by atoms with Crippen molar-refractivity contribution in [3.63, 3.8) is 0 Å². The highest BCUT2D eigenvalue weighted by molar-refractivity contribution is 6.16. The van der Waals surface area contributed by atoms with E-state index >= 15 is 0 Å². The first-order valence-electron chi connectivity index (χ1n) is 8.29. The number of aromatic nitrogens is 3. The number of hydrogen-bond donors (Lipinski definition) is 3. The van der Waals surface area contributed by atoms with E-state index in [0.717, 1.165) is 0 Å². The van der Waals surface area contributed by atoms with Crippen LogP contribution in [0.25, 0.3) is 0 Å². The molecule has 4 amide bonds. The molecule has 0 radical (unpaired) electrons. The second-order valence-electron chi connectivity index (χ2n) is 6.35. The number of barbiturate groups is 1. The molecule has 0 saturated carbocycles. The summed E-state index contributed by atoms with van der Waals surface area (Å²) >= 11 is 0. The van der Waals surface area contributed by atoms with Crippen molar-refractivity contribution >= 4 is 23.8 Å². The van der Waals surface area contributed by atoms with Gasteiger partial charge in [-0.05, 0) is 11.6 Å². The van der Waals surface area contributed by atoms with E-state index in [2.05, 4.69) is 4.98 Å². The van der Waals surface area contributed by atoms with Gasteiger partial charge in [-0.15, -0.1) is 0 Å². The third-order valence-electron chi connectivity index (χ3n) is 4.70. The second kappa shape index (κ2) is 7.10. The van der Waals surface area contributed by atoms with Crippen molar-refractivity contribution in [2.45, 2.75) is 26.3 Å². The van der Waals surface area contributed by atoms with Gasteiger partial charge in [-0.1, -0.05) is 6.07 Å². The van der Waals surface area contributed by atoms with Gasteiger partial charge < -0.3 is 10.3 Å². The van der Waals surface area contributed by atoms with Gasteiger partial charge in [0.2, 0.25) is 11.8 Å². The molecular weight excluding hydrogens is 370 g/mol. The number of rotatable bonds is 5. The van der Waals surface area contributed by atoms with Crippen LogP contribution in [0.1, 0.15) is 28.7 Å². The number of amides is 4. The van der Waals surface area contributed by atoms with Crippen LogP contribution in [0.3, 0.4) is 0 Å². The molecule has 0 aromatic carbocycles. The maximum Gasteiger partial charge on any atom is 0.346 e. The Morgan fingerprint density at radius 1 is 1.32 bits per heavy atom. The van der Waals surface area contributed by atoms with E-state index in [4.69, 9.17) is 0 Å². The zero-order chi connectivity index (χ0) is 20.6. The first-order chi connectivity index (χ1) is 13.2. The lowest BCUT2D eigenvalue weighted by atomic mass is 9.83. The molecule has 11 nitrogen and oxygen atoms in total. The number of hydrogen-bond acceptors (Lipinski definition) is 6. The third kappa shape index (κ3) is 3.17. The highest BCUT2D eigenvalue weighted by Crippen LogP contribution is 2.33. The lowest BCUT2D eigenvalue weighted by molar-refractivity contribution is -0.621. The molecule has 1 aliphatic rings. The average molecular weight is 387 g/mol. The highest BCUT2D eigenvalue weighted by atomic mass is 16.5. The summed E-state index contributed by atoms with van der Waals surface area (Å²) in [6.45, 7) is 2.54. The van der Waals surface area contributed by atoms with E-state index in [1.165, 1.54) is 23.9 Å². The molecular formula is C17H17N5O6. The van der Waals surface area contributed by atoms with Crippen molar-refractivity contribution in [2.24, 2.45) is 5.92 Å². The number of aliphatic carboxylic acids is 1. The number of imidazole rings is 1. The summed E-state index contributed by atoms with van der Waals surface area (Å²) in [4.78, 5) is 51.7. The van der Waals surface area contributed by atoms with Crippen molar-refractivity contribution in [2.75, 3.05) is 0 Å². The highest BCUT2D eigenvalue weighted by Gasteiger charge is 2.47. The van der Waals surface area contributed by atoms with Gasteiger partial charge in [0.05, 0.1) is 0 Å². The van der Waals surface area contributed by atoms with Gasteiger partial charge in [0.25, 0.3) is 5.82 Å². The number of carboxylic acid groups (broad SMARTS) is 1. The lowest BCUT2D eigenvalue weighted by Gasteiger charge is -2.27. The van der Waals surface area contributed by atoms with E-state index in [9.17, 15) is 29.5 Å². The fourth-order valence-electron chi connectivity index (χ4n) is 3.31. The molecule has 2 aromatic rings. The largest absolute Gasteiger partial charge is 0.711 e. The van der Waals surface area contributed by atoms with Crippen LogP contribution in [-0.4, -0.2) is 38.5 Å². The number of carbonyl (C=O) groups excluding carboxylic acids is 3. The maximum absolute atomic E-state index is 12.9. The van der Waals surface area contributed by atoms with Crippen molar-refractivity contribution in [3.05, 3.63) is 52.5 Å². The molecule has 1 saturated heterocycles. The molecule has 1 atom stereocenters. The molecule has 1 fully saturated rings. The molecule has 3 N–H and O–H groups in total. The third-order valence-corrected chi connectivity index (χ3v) is 4.70. The zero-order valence-electron chi connectivity index (χ0n) is 15.0. The molecule has 0 spiro atoms. The van der Waals surface area contributed by atoms with Crippen LogP contribution in [0, 0.1) is 25.0 Å². The summed E-state index contributed by atoms with van der Waals surface area (Å²) in [5.74, 6) is -5.70. The van der Waals surface area contributed by atoms with Gasteiger partial charge in [-0.25, -0.2) is 18.9 Å². The normalized spacial score (nSPS) is 15.9. The summed E-state index contributed by atoms with van der Waals surface area (Å²) in [5.41, 5.74) is 0.965. The Kier molecular flexibility index (Phi) is 4.82. The maximum atomic E-state index is 12.9. The number of urea groups is 1. The second-order valence-corrected chi connectivity index (χ2v) is 6.35. The average Bonchev–Trinajstić information content (AvgIpc) is 2.82. The van der Waals surface area contributed by atoms with Crippen molar-refractivity contribution < 1.29 is 29.0 Å². The SMILES string of the molecule is Cc1c(C)[n+]([O-])c([C@@H](c2cccnc2)C2C(=O)NC(=O)NC2=O)n1CC(=O)O. The number of carbonyl (C=O) groups is 4. The van der Waals surface area contributed by atoms with Gasteiger partial charge in [0.15, 0.2) is 6.54 Å².